The maximum absolute atomic E-state index is 11.8. The van der Waals surface area contributed by atoms with Gasteiger partial charge in [-0.3, -0.25) is 4.79 Å². The first-order valence-electron chi connectivity index (χ1n) is 6.70. The van der Waals surface area contributed by atoms with Gasteiger partial charge in [-0.05, 0) is 18.1 Å². The van der Waals surface area contributed by atoms with E-state index in [0.29, 0.717) is 6.61 Å². The van der Waals surface area contributed by atoms with Gasteiger partial charge in [0.1, 0.15) is 19.5 Å². The van der Waals surface area contributed by atoms with Gasteiger partial charge in [-0.1, -0.05) is 25.1 Å². The van der Waals surface area contributed by atoms with E-state index >= 15 is 0 Å². The molecule has 1 aliphatic heterocycles. The van der Waals surface area contributed by atoms with Gasteiger partial charge >= 0.3 is 5.97 Å². The predicted molar refractivity (Wildman–Crippen MR) is 75.4 cm³/mol. The molecule has 1 N–H and O–H groups in total. The van der Waals surface area contributed by atoms with Crippen LogP contribution in [0.1, 0.15) is 12.5 Å². The summed E-state index contributed by atoms with van der Waals surface area (Å²) in [6, 6.07) is 7.47. The number of carbonyl (C=O) groups excluding carboxylic acids is 2. The third-order valence-electron chi connectivity index (χ3n) is 2.86. The van der Waals surface area contributed by atoms with Gasteiger partial charge in [0.2, 0.25) is 5.76 Å². The van der Waals surface area contributed by atoms with Gasteiger partial charge in [-0.25, -0.2) is 4.79 Å². The Kier molecular flexibility index (Phi) is 5.20. The summed E-state index contributed by atoms with van der Waals surface area (Å²) in [5.74, 6) is -1.14. The molecule has 0 fully saturated rings. The van der Waals surface area contributed by atoms with Crippen LogP contribution in [-0.4, -0.2) is 31.7 Å². The zero-order valence-corrected chi connectivity index (χ0v) is 11.8. The number of amides is 1. The molecule has 0 aromatic heterocycles. The molecule has 0 saturated heterocycles. The second-order valence-electron chi connectivity index (χ2n) is 4.34. The van der Waals surface area contributed by atoms with Crippen LogP contribution in [0.25, 0.3) is 0 Å². The van der Waals surface area contributed by atoms with Gasteiger partial charge in [-0.15, -0.1) is 0 Å². The van der Waals surface area contributed by atoms with E-state index in [-0.39, 0.29) is 19.0 Å². The van der Waals surface area contributed by atoms with Crippen molar-refractivity contribution >= 4 is 17.6 Å². The van der Waals surface area contributed by atoms with Crippen LogP contribution < -0.4 is 5.32 Å². The minimum Gasteiger partial charge on any atom is -0.493 e. The molecular weight excluding hydrogens is 274 g/mol. The van der Waals surface area contributed by atoms with Crippen molar-refractivity contribution in [1.82, 2.24) is 0 Å². The van der Waals surface area contributed by atoms with Crippen molar-refractivity contribution in [2.45, 2.75) is 13.3 Å². The summed E-state index contributed by atoms with van der Waals surface area (Å²) in [6.07, 6.45) is 1.99. The minimum atomic E-state index is -0.714. The molecule has 1 aliphatic rings. The number of aryl methyl sites for hydroxylation is 1. The van der Waals surface area contributed by atoms with Crippen LogP contribution in [0, 0.1) is 0 Å². The monoisotopic (exact) mass is 291 g/mol. The molecule has 0 unspecified atom stereocenters. The van der Waals surface area contributed by atoms with Crippen LogP contribution in [0.2, 0.25) is 0 Å². The first-order chi connectivity index (χ1) is 10.2. The van der Waals surface area contributed by atoms with Crippen LogP contribution in [0.3, 0.4) is 0 Å². The molecule has 6 nitrogen and oxygen atoms in total. The number of carbonyl (C=O) groups is 2. The number of esters is 1. The summed E-state index contributed by atoms with van der Waals surface area (Å²) >= 11 is 0. The highest BCUT2D eigenvalue weighted by atomic mass is 16.6. The molecule has 0 atom stereocenters. The zero-order valence-electron chi connectivity index (χ0n) is 11.8. The highest BCUT2D eigenvalue weighted by Crippen LogP contribution is 2.15. The van der Waals surface area contributed by atoms with Crippen molar-refractivity contribution in [1.29, 1.82) is 0 Å². The maximum atomic E-state index is 11.8. The van der Waals surface area contributed by atoms with Crippen molar-refractivity contribution in [3.8, 4) is 0 Å². The van der Waals surface area contributed by atoms with Crippen molar-refractivity contribution in [3.05, 3.63) is 41.9 Å². The smallest absolute Gasteiger partial charge is 0.377 e. The fourth-order valence-corrected chi connectivity index (χ4v) is 1.81. The first kappa shape index (κ1) is 14.9. The summed E-state index contributed by atoms with van der Waals surface area (Å²) in [6.45, 7) is 2.30. The van der Waals surface area contributed by atoms with E-state index in [1.165, 1.54) is 6.26 Å². The molecule has 112 valence electrons. The fraction of sp³-hybridized carbons (Fsp3) is 0.333. The molecule has 0 radical (unpaired) electrons. The lowest BCUT2D eigenvalue weighted by Crippen LogP contribution is -2.24. The minimum absolute atomic E-state index is 0.0250. The Hall–Kier alpha value is -2.50. The van der Waals surface area contributed by atoms with Crippen molar-refractivity contribution in [2.75, 3.05) is 25.1 Å². The third-order valence-corrected chi connectivity index (χ3v) is 2.86. The Labute approximate surface area is 122 Å². The van der Waals surface area contributed by atoms with E-state index in [4.69, 9.17) is 14.2 Å². The van der Waals surface area contributed by atoms with E-state index in [1.54, 1.807) is 6.07 Å². The topological polar surface area (TPSA) is 73.9 Å². The number of benzene rings is 1. The molecule has 0 aliphatic carbocycles. The van der Waals surface area contributed by atoms with Crippen molar-refractivity contribution in [3.63, 3.8) is 0 Å². The SMILES string of the molecule is CCc1ccccc1NC(=O)COC(=O)C1=COCCO1. The molecule has 0 spiro atoms. The number of nitrogens with one attached hydrogen (secondary N) is 1. The average molecular weight is 291 g/mol. The molecule has 0 saturated carbocycles. The van der Waals surface area contributed by atoms with Gasteiger partial charge in [-0.2, -0.15) is 0 Å². The Morgan fingerprint density at radius 1 is 1.29 bits per heavy atom. The molecular formula is C15H17NO5. The van der Waals surface area contributed by atoms with Gasteiger partial charge in [0.25, 0.3) is 5.91 Å². The number of para-hydroxylation sites is 1. The summed E-state index contributed by atoms with van der Waals surface area (Å²) in [7, 11) is 0. The van der Waals surface area contributed by atoms with E-state index in [0.717, 1.165) is 17.7 Å². The molecule has 2 rings (SSSR count). The van der Waals surface area contributed by atoms with Gasteiger partial charge < -0.3 is 19.5 Å². The van der Waals surface area contributed by atoms with E-state index in [1.807, 2.05) is 25.1 Å². The number of rotatable bonds is 5. The van der Waals surface area contributed by atoms with Gasteiger partial charge in [0, 0.05) is 5.69 Å². The van der Waals surface area contributed by atoms with E-state index in [9.17, 15) is 9.59 Å². The Morgan fingerprint density at radius 3 is 2.81 bits per heavy atom. The summed E-state index contributed by atoms with van der Waals surface area (Å²) in [5.41, 5.74) is 1.74. The Morgan fingerprint density at radius 2 is 2.10 bits per heavy atom. The summed E-state index contributed by atoms with van der Waals surface area (Å²) < 4.78 is 14.9. The highest BCUT2D eigenvalue weighted by molar-refractivity contribution is 5.95. The van der Waals surface area contributed by atoms with Crippen LogP contribution in [0.5, 0.6) is 0 Å². The van der Waals surface area contributed by atoms with Gasteiger partial charge in [0.15, 0.2) is 6.61 Å². The molecule has 21 heavy (non-hydrogen) atoms. The lowest BCUT2D eigenvalue weighted by molar-refractivity contribution is -0.148. The molecule has 1 heterocycles. The quantitative estimate of drug-likeness (QED) is 0.834. The lowest BCUT2D eigenvalue weighted by Gasteiger charge is -2.14. The number of hydrogen-bond acceptors (Lipinski definition) is 5. The molecule has 6 heteroatoms. The first-order valence-corrected chi connectivity index (χ1v) is 6.70. The summed E-state index contributed by atoms with van der Waals surface area (Å²) in [5, 5.41) is 2.71. The molecule has 1 amide bonds. The molecule has 1 aromatic rings. The maximum Gasteiger partial charge on any atom is 0.377 e. The normalized spacial score (nSPS) is 13.5. The highest BCUT2D eigenvalue weighted by Gasteiger charge is 2.18. The number of ether oxygens (including phenoxy) is 3. The van der Waals surface area contributed by atoms with Crippen LogP contribution in [0.4, 0.5) is 5.69 Å². The number of anilines is 1. The Bertz CT molecular complexity index is 553. The second kappa shape index (κ2) is 7.33. The number of hydrogen-bond donors (Lipinski definition) is 1. The van der Waals surface area contributed by atoms with E-state index in [2.05, 4.69) is 5.32 Å². The van der Waals surface area contributed by atoms with Crippen LogP contribution in [0.15, 0.2) is 36.3 Å². The lowest BCUT2D eigenvalue weighted by atomic mass is 10.1. The fourth-order valence-electron chi connectivity index (χ4n) is 1.81. The average Bonchev–Trinajstić information content (AvgIpc) is 2.54. The molecule has 1 aromatic carbocycles. The predicted octanol–water partition coefficient (Wildman–Crippen LogP) is 1.62. The van der Waals surface area contributed by atoms with Crippen molar-refractivity contribution in [2.24, 2.45) is 0 Å². The van der Waals surface area contributed by atoms with Crippen LogP contribution >= 0.6 is 0 Å². The van der Waals surface area contributed by atoms with Gasteiger partial charge in [0.05, 0.1) is 0 Å². The largest absolute Gasteiger partial charge is 0.493 e. The zero-order chi connectivity index (χ0) is 15.1. The molecule has 0 bridgehead atoms. The summed E-state index contributed by atoms with van der Waals surface area (Å²) in [4.78, 5) is 23.4. The van der Waals surface area contributed by atoms with Crippen molar-refractivity contribution < 1.29 is 23.8 Å². The second-order valence-corrected chi connectivity index (χ2v) is 4.34. The third kappa shape index (κ3) is 4.24. The standard InChI is InChI=1S/C15H17NO5/c1-2-11-5-3-4-6-12(11)16-14(17)10-21-15(18)13-9-19-7-8-20-13/h3-6,9H,2,7-8,10H2,1H3,(H,16,17). The van der Waals surface area contributed by atoms with Crippen LogP contribution in [-0.2, 0) is 30.2 Å². The Balaban J connectivity index is 1.84. The van der Waals surface area contributed by atoms with E-state index < -0.39 is 11.9 Å².